The zero-order valence-electron chi connectivity index (χ0n) is 18.6. The normalized spacial score (nSPS) is 19.9. The van der Waals surface area contributed by atoms with Gasteiger partial charge in [0, 0.05) is 44.8 Å². The van der Waals surface area contributed by atoms with E-state index in [1.165, 1.54) is 38.5 Å². The van der Waals surface area contributed by atoms with Gasteiger partial charge in [0.15, 0.2) is 0 Å². The van der Waals surface area contributed by atoms with Crippen molar-refractivity contribution in [3.05, 3.63) is 29.8 Å². The first-order chi connectivity index (χ1) is 14.0. The molecule has 1 aliphatic heterocycles. The molecule has 0 atom stereocenters. The van der Waals surface area contributed by atoms with E-state index in [2.05, 4.69) is 9.80 Å². The molecule has 0 aromatic heterocycles. The van der Waals surface area contributed by atoms with Gasteiger partial charge in [0.25, 0.3) is 5.91 Å². The molecule has 2 aliphatic rings. The fourth-order valence-corrected chi connectivity index (χ4v) is 4.55. The molecule has 162 valence electrons. The Balaban J connectivity index is 1.50. The third kappa shape index (κ3) is 6.71. The maximum absolute atomic E-state index is 12.7. The minimum Gasteiger partial charge on any atom is -0.490 e. The summed E-state index contributed by atoms with van der Waals surface area (Å²) in [5, 5.41) is 0. The molecule has 1 saturated carbocycles. The zero-order chi connectivity index (χ0) is 20.6. The Morgan fingerprint density at radius 3 is 2.34 bits per heavy atom. The number of likely N-dealkylation sites (tertiary alicyclic amines) is 1. The Kier molecular flexibility index (Phi) is 8.37. The summed E-state index contributed by atoms with van der Waals surface area (Å²) < 4.78 is 6.28. The van der Waals surface area contributed by atoms with Crippen LogP contribution >= 0.6 is 0 Å². The van der Waals surface area contributed by atoms with Gasteiger partial charge in [-0.25, -0.2) is 0 Å². The second kappa shape index (κ2) is 11.0. The van der Waals surface area contributed by atoms with Crippen molar-refractivity contribution in [2.24, 2.45) is 0 Å². The molecule has 5 heteroatoms. The molecule has 1 aliphatic carbocycles. The monoisotopic (exact) mass is 401 g/mol. The summed E-state index contributed by atoms with van der Waals surface area (Å²) in [6, 6.07) is 8.50. The van der Waals surface area contributed by atoms with Gasteiger partial charge in [-0.15, -0.1) is 0 Å². The van der Waals surface area contributed by atoms with Crippen molar-refractivity contribution in [2.45, 2.75) is 63.5 Å². The lowest BCUT2D eigenvalue weighted by molar-refractivity contribution is 0.0699. The molecule has 1 heterocycles. The third-order valence-electron chi connectivity index (χ3n) is 6.43. The number of nitrogens with zero attached hydrogens (tertiary/aromatic N) is 3. The van der Waals surface area contributed by atoms with Crippen LogP contribution in [0.25, 0.3) is 0 Å². The number of amides is 1. The quantitative estimate of drug-likeness (QED) is 0.650. The molecule has 29 heavy (non-hydrogen) atoms. The van der Waals surface area contributed by atoms with Gasteiger partial charge in [-0.3, -0.25) is 4.79 Å². The van der Waals surface area contributed by atoms with Crippen LogP contribution in [0.1, 0.15) is 61.7 Å². The molecule has 0 radical (unpaired) electrons. The molecule has 1 aromatic rings. The van der Waals surface area contributed by atoms with E-state index < -0.39 is 0 Å². The molecule has 2 fully saturated rings. The third-order valence-corrected chi connectivity index (χ3v) is 6.43. The zero-order valence-corrected chi connectivity index (χ0v) is 18.6. The first-order valence-corrected chi connectivity index (χ1v) is 11.4. The van der Waals surface area contributed by atoms with E-state index in [0.29, 0.717) is 5.56 Å². The summed E-state index contributed by atoms with van der Waals surface area (Å²) in [4.78, 5) is 19.3. The fraction of sp³-hybridized carbons (Fsp3) is 0.708. The summed E-state index contributed by atoms with van der Waals surface area (Å²) in [5.41, 5.74) is 0.708. The Hall–Kier alpha value is -1.59. The van der Waals surface area contributed by atoms with Crippen molar-refractivity contribution >= 4 is 5.91 Å². The highest BCUT2D eigenvalue weighted by molar-refractivity contribution is 5.94. The maximum atomic E-state index is 12.7. The van der Waals surface area contributed by atoms with Crippen molar-refractivity contribution < 1.29 is 9.53 Å². The molecule has 3 rings (SSSR count). The van der Waals surface area contributed by atoms with Crippen LogP contribution in [0.15, 0.2) is 24.3 Å². The molecule has 0 unspecified atom stereocenters. The van der Waals surface area contributed by atoms with E-state index in [4.69, 9.17) is 4.74 Å². The molecular formula is C24H39N3O2. The summed E-state index contributed by atoms with van der Waals surface area (Å²) >= 11 is 0. The minimum absolute atomic E-state index is 0.0560. The largest absolute Gasteiger partial charge is 0.490 e. The molecule has 5 nitrogen and oxygen atoms in total. The summed E-state index contributed by atoms with van der Waals surface area (Å²) in [6.07, 6.45) is 10.8. The maximum Gasteiger partial charge on any atom is 0.253 e. The van der Waals surface area contributed by atoms with Crippen LogP contribution in [0.4, 0.5) is 0 Å². The molecule has 1 saturated heterocycles. The number of carbonyl (C=O) groups excluding carboxylic acids is 1. The number of benzene rings is 1. The SMILES string of the molecule is CN(C)CCN(C)C(=O)c1cccc(OC2CCN(C3CCCCCC3)CC2)c1. The second-order valence-electron chi connectivity index (χ2n) is 9.06. The molecule has 0 N–H and O–H groups in total. The van der Waals surface area contributed by atoms with Crippen LogP contribution < -0.4 is 4.74 Å². The lowest BCUT2D eigenvalue weighted by Gasteiger charge is -2.37. The predicted octanol–water partition coefficient (Wildman–Crippen LogP) is 3.89. The van der Waals surface area contributed by atoms with Crippen LogP contribution in [0.5, 0.6) is 5.75 Å². The highest BCUT2D eigenvalue weighted by Gasteiger charge is 2.26. The Morgan fingerprint density at radius 2 is 1.69 bits per heavy atom. The van der Waals surface area contributed by atoms with E-state index in [1.54, 1.807) is 4.90 Å². The number of piperidine rings is 1. The smallest absolute Gasteiger partial charge is 0.253 e. The first kappa shape index (κ1) is 22.1. The lowest BCUT2D eigenvalue weighted by Crippen LogP contribution is -2.44. The summed E-state index contributed by atoms with van der Waals surface area (Å²) in [5.74, 6) is 0.880. The van der Waals surface area contributed by atoms with Gasteiger partial charge in [0.05, 0.1) is 0 Å². The number of ether oxygens (including phenoxy) is 1. The van der Waals surface area contributed by atoms with Crippen molar-refractivity contribution in [3.63, 3.8) is 0 Å². The van der Waals surface area contributed by atoms with E-state index in [-0.39, 0.29) is 12.0 Å². The molecular weight excluding hydrogens is 362 g/mol. The van der Waals surface area contributed by atoms with Crippen molar-refractivity contribution in [1.29, 1.82) is 0 Å². The van der Waals surface area contributed by atoms with Gasteiger partial charge in [-0.2, -0.15) is 0 Å². The predicted molar refractivity (Wildman–Crippen MR) is 119 cm³/mol. The van der Waals surface area contributed by atoms with Crippen molar-refractivity contribution in [1.82, 2.24) is 14.7 Å². The Labute approximate surface area is 177 Å². The van der Waals surface area contributed by atoms with Crippen LogP contribution in [-0.2, 0) is 0 Å². The van der Waals surface area contributed by atoms with Gasteiger partial charge in [0.1, 0.15) is 11.9 Å². The number of hydrogen-bond acceptors (Lipinski definition) is 4. The Morgan fingerprint density at radius 1 is 1.00 bits per heavy atom. The van der Waals surface area contributed by atoms with E-state index in [0.717, 1.165) is 50.8 Å². The standard InChI is InChI=1S/C24H39N3O2/c1-25(2)17-18-26(3)24(28)20-9-8-12-23(19-20)29-22-13-15-27(16-14-22)21-10-6-4-5-7-11-21/h8-9,12,19,21-22H,4-7,10-11,13-18H2,1-3H3. The van der Waals surface area contributed by atoms with E-state index in [9.17, 15) is 4.79 Å². The summed E-state index contributed by atoms with van der Waals surface area (Å²) in [6.45, 7) is 3.86. The number of rotatable bonds is 7. The van der Waals surface area contributed by atoms with Crippen molar-refractivity contribution in [3.8, 4) is 5.75 Å². The molecule has 1 aromatic carbocycles. The number of hydrogen-bond donors (Lipinski definition) is 0. The van der Waals surface area contributed by atoms with Gasteiger partial charge in [-0.1, -0.05) is 31.7 Å². The van der Waals surface area contributed by atoms with Gasteiger partial charge < -0.3 is 19.4 Å². The molecule has 0 bridgehead atoms. The highest BCUT2D eigenvalue weighted by Crippen LogP contribution is 2.26. The van der Waals surface area contributed by atoms with Gasteiger partial charge >= 0.3 is 0 Å². The average molecular weight is 402 g/mol. The fourth-order valence-electron chi connectivity index (χ4n) is 4.55. The van der Waals surface area contributed by atoms with Gasteiger partial charge in [0.2, 0.25) is 0 Å². The van der Waals surface area contributed by atoms with Crippen LogP contribution in [0, 0.1) is 0 Å². The van der Waals surface area contributed by atoms with Crippen LogP contribution in [-0.4, -0.2) is 80.1 Å². The topological polar surface area (TPSA) is 36.0 Å². The summed E-state index contributed by atoms with van der Waals surface area (Å²) in [7, 11) is 5.91. The Bertz CT molecular complexity index is 633. The van der Waals surface area contributed by atoms with Crippen LogP contribution in [0.3, 0.4) is 0 Å². The lowest BCUT2D eigenvalue weighted by atomic mass is 10.0. The minimum atomic E-state index is 0.0560. The van der Waals surface area contributed by atoms with E-state index in [1.807, 2.05) is 45.4 Å². The number of carbonyl (C=O) groups is 1. The number of likely N-dealkylation sites (N-methyl/N-ethyl adjacent to an activating group) is 2. The first-order valence-electron chi connectivity index (χ1n) is 11.4. The molecule has 0 spiro atoms. The highest BCUT2D eigenvalue weighted by atomic mass is 16.5. The average Bonchev–Trinajstić information content (AvgIpc) is 3.02. The molecule has 1 amide bonds. The van der Waals surface area contributed by atoms with Gasteiger partial charge in [-0.05, 0) is 58.0 Å². The van der Waals surface area contributed by atoms with Crippen LogP contribution in [0.2, 0.25) is 0 Å². The van der Waals surface area contributed by atoms with Crippen molar-refractivity contribution in [2.75, 3.05) is 47.3 Å². The van der Waals surface area contributed by atoms with E-state index >= 15 is 0 Å². The second-order valence-corrected chi connectivity index (χ2v) is 9.06.